The van der Waals surface area contributed by atoms with E-state index in [2.05, 4.69) is 119 Å². The standard InChI is InChI=1S/C41H31N5/c1-3-4-23-32-28(2)45(41-43-39(29-17-9-5-6-10-18-29)42-40(44-41)30-19-11-7-12-20-30)37-34(32)26-27-35-33-24-15-16-25-36(33)46(38(35)37)31-21-13-8-14-22-31/h3-9,11-27H,2,10H2,1H3/b4-3-,32-23+. The number of hydrogen-bond acceptors (Lipinski definition) is 3. The molecule has 0 unspecified atom stereocenters. The molecule has 0 spiro atoms. The van der Waals surface area contributed by atoms with E-state index in [-0.39, 0.29) is 0 Å². The number of benzene rings is 4. The maximum absolute atomic E-state index is 5.17. The van der Waals surface area contributed by atoms with Gasteiger partial charge in [0.25, 0.3) is 0 Å². The first-order valence-corrected chi connectivity index (χ1v) is 15.5. The van der Waals surface area contributed by atoms with Crippen LogP contribution in [0.15, 0.2) is 140 Å². The zero-order valence-electron chi connectivity index (χ0n) is 25.5. The molecule has 0 saturated heterocycles. The van der Waals surface area contributed by atoms with Gasteiger partial charge in [-0.2, -0.15) is 9.97 Å². The van der Waals surface area contributed by atoms with Crippen LogP contribution in [0.3, 0.4) is 0 Å². The first kappa shape index (κ1) is 27.5. The summed E-state index contributed by atoms with van der Waals surface area (Å²) in [6.45, 7) is 6.68. The van der Waals surface area contributed by atoms with Crippen LogP contribution in [0.4, 0.5) is 0 Å². The Kier molecular flexibility index (Phi) is 6.84. The molecule has 0 N–H and O–H groups in total. The molecule has 0 atom stereocenters. The third-order valence-electron chi connectivity index (χ3n) is 8.48. The lowest BCUT2D eigenvalue weighted by Crippen LogP contribution is -2.28. The Morgan fingerprint density at radius 3 is 2.24 bits per heavy atom. The second kappa shape index (κ2) is 11.5. The lowest BCUT2D eigenvalue weighted by atomic mass is 10.1. The van der Waals surface area contributed by atoms with Crippen molar-refractivity contribution in [3.8, 4) is 23.0 Å². The Labute approximate surface area is 266 Å². The molecule has 220 valence electrons. The van der Waals surface area contributed by atoms with Crippen LogP contribution in [0, 0.1) is 0 Å². The summed E-state index contributed by atoms with van der Waals surface area (Å²) >= 11 is 0. The molecule has 0 bridgehead atoms. The minimum absolute atomic E-state index is 0.530. The van der Waals surface area contributed by atoms with Gasteiger partial charge in [0, 0.05) is 43.6 Å². The van der Waals surface area contributed by atoms with Crippen LogP contribution in [0.5, 0.6) is 0 Å². The van der Waals surface area contributed by atoms with Gasteiger partial charge >= 0.3 is 0 Å². The van der Waals surface area contributed by atoms with Crippen LogP contribution in [-0.4, -0.2) is 24.1 Å². The average molecular weight is 594 g/mol. The maximum Gasteiger partial charge on any atom is 0.238 e. The second-order valence-electron chi connectivity index (χ2n) is 11.3. The molecule has 8 rings (SSSR count). The molecule has 5 nitrogen and oxygen atoms in total. The Morgan fingerprint density at radius 1 is 0.696 bits per heavy atom. The monoisotopic (exact) mass is 593 g/mol. The molecule has 0 fully saturated rings. The molecule has 4 aromatic carbocycles. The number of para-hydroxylation sites is 2. The zero-order chi connectivity index (χ0) is 31.0. The number of rotatable bonds is 5. The number of fused-ring (bicyclic) bond motifs is 5. The van der Waals surface area contributed by atoms with Crippen molar-refractivity contribution in [2.75, 3.05) is 0 Å². The Balaban J connectivity index is 1.55. The van der Waals surface area contributed by atoms with E-state index < -0.39 is 0 Å². The van der Waals surface area contributed by atoms with Crippen molar-refractivity contribution >= 4 is 50.9 Å². The number of nitrogens with zero attached hydrogens (tertiary/aromatic N) is 5. The van der Waals surface area contributed by atoms with Crippen LogP contribution in [0.2, 0.25) is 0 Å². The van der Waals surface area contributed by atoms with Crippen molar-refractivity contribution in [2.24, 2.45) is 0 Å². The summed E-state index contributed by atoms with van der Waals surface area (Å²) in [5.41, 5.74) is 6.18. The smallest absolute Gasteiger partial charge is 0.238 e. The number of aromatic nitrogens is 5. The van der Waals surface area contributed by atoms with Gasteiger partial charge in [0.15, 0.2) is 11.6 Å². The van der Waals surface area contributed by atoms with Crippen molar-refractivity contribution in [3.05, 3.63) is 156 Å². The third-order valence-corrected chi connectivity index (χ3v) is 8.48. The van der Waals surface area contributed by atoms with Crippen LogP contribution in [0.1, 0.15) is 19.2 Å². The van der Waals surface area contributed by atoms with Crippen molar-refractivity contribution in [3.63, 3.8) is 0 Å². The topological polar surface area (TPSA) is 48.5 Å². The Morgan fingerprint density at radius 2 is 1.41 bits per heavy atom. The molecule has 0 amide bonds. The molecule has 3 heterocycles. The number of hydrogen-bond donors (Lipinski definition) is 0. The van der Waals surface area contributed by atoms with E-state index in [1.807, 2.05) is 49.4 Å². The SMILES string of the molecule is C=c1/c(=C\C=C/C)c2ccc3c4ccccc4n(-c4ccccc4)c3c2n1-c1nc(C2=CCC=CC=C2)nc(-c2ccccc2)n1. The lowest BCUT2D eigenvalue weighted by Gasteiger charge is -2.13. The van der Waals surface area contributed by atoms with E-state index in [0.717, 1.165) is 61.1 Å². The summed E-state index contributed by atoms with van der Waals surface area (Å²) in [7, 11) is 0. The maximum atomic E-state index is 5.17. The highest BCUT2D eigenvalue weighted by Crippen LogP contribution is 2.36. The van der Waals surface area contributed by atoms with E-state index in [0.29, 0.717) is 17.6 Å². The fourth-order valence-corrected chi connectivity index (χ4v) is 6.39. The molecule has 1 aliphatic rings. The van der Waals surface area contributed by atoms with Gasteiger partial charge in [0.05, 0.1) is 16.6 Å². The largest absolute Gasteiger partial charge is 0.307 e. The van der Waals surface area contributed by atoms with Crippen molar-refractivity contribution in [1.29, 1.82) is 0 Å². The summed E-state index contributed by atoms with van der Waals surface area (Å²) in [4.78, 5) is 15.3. The molecule has 3 aromatic heterocycles. The molecule has 1 aliphatic carbocycles. The van der Waals surface area contributed by atoms with E-state index in [1.165, 1.54) is 5.39 Å². The summed E-state index contributed by atoms with van der Waals surface area (Å²) < 4.78 is 4.48. The minimum atomic E-state index is 0.530. The molecule has 46 heavy (non-hydrogen) atoms. The van der Waals surface area contributed by atoms with Crippen LogP contribution in [-0.2, 0) is 0 Å². The molecule has 7 aromatic rings. The van der Waals surface area contributed by atoms with Crippen molar-refractivity contribution < 1.29 is 0 Å². The highest BCUT2D eigenvalue weighted by Gasteiger charge is 2.22. The Bertz CT molecular complexity index is 2510. The molecule has 0 saturated carbocycles. The molecule has 0 aliphatic heterocycles. The first-order valence-electron chi connectivity index (χ1n) is 15.5. The van der Waals surface area contributed by atoms with E-state index in [9.17, 15) is 0 Å². The van der Waals surface area contributed by atoms with E-state index in [1.54, 1.807) is 0 Å². The zero-order valence-corrected chi connectivity index (χ0v) is 25.5. The van der Waals surface area contributed by atoms with Crippen LogP contribution < -0.4 is 10.6 Å². The van der Waals surface area contributed by atoms with Crippen LogP contribution in [0.25, 0.3) is 74.0 Å². The summed E-state index contributed by atoms with van der Waals surface area (Å²) in [6, 6.07) is 33.7. The normalized spacial score (nSPS) is 13.8. The highest BCUT2D eigenvalue weighted by molar-refractivity contribution is 6.18. The third kappa shape index (κ3) is 4.52. The van der Waals surface area contributed by atoms with Gasteiger partial charge in [-0.3, -0.25) is 4.57 Å². The van der Waals surface area contributed by atoms with E-state index in [4.69, 9.17) is 15.0 Å². The van der Waals surface area contributed by atoms with Gasteiger partial charge in [-0.15, -0.1) is 0 Å². The quantitative estimate of drug-likeness (QED) is 0.202. The molecule has 5 heteroatoms. The molecular formula is C41H31N5. The Hall–Kier alpha value is -6.07. The number of allylic oxidation sites excluding steroid dienone is 8. The summed E-state index contributed by atoms with van der Waals surface area (Å²) in [6.07, 6.45) is 17.5. The summed E-state index contributed by atoms with van der Waals surface area (Å²) in [5, 5.41) is 5.26. The first-order chi connectivity index (χ1) is 22.7. The van der Waals surface area contributed by atoms with Gasteiger partial charge in [-0.1, -0.05) is 134 Å². The van der Waals surface area contributed by atoms with Crippen LogP contribution >= 0.6 is 0 Å². The molecule has 0 radical (unpaired) electrons. The predicted octanol–water partition coefficient (Wildman–Crippen LogP) is 8.25. The van der Waals surface area contributed by atoms with Gasteiger partial charge in [0.1, 0.15) is 0 Å². The summed E-state index contributed by atoms with van der Waals surface area (Å²) in [5.74, 6) is 1.77. The van der Waals surface area contributed by atoms with Gasteiger partial charge in [-0.25, -0.2) is 4.98 Å². The van der Waals surface area contributed by atoms with Gasteiger partial charge < -0.3 is 4.57 Å². The minimum Gasteiger partial charge on any atom is -0.307 e. The second-order valence-corrected chi connectivity index (χ2v) is 11.3. The van der Waals surface area contributed by atoms with Gasteiger partial charge in [-0.05, 0) is 31.5 Å². The lowest BCUT2D eigenvalue weighted by molar-refractivity contribution is 0.896. The fraction of sp³-hybridized carbons (Fsp3) is 0.0488. The van der Waals surface area contributed by atoms with Crippen molar-refractivity contribution in [2.45, 2.75) is 13.3 Å². The average Bonchev–Trinajstić information content (AvgIpc) is 3.42. The fourth-order valence-electron chi connectivity index (χ4n) is 6.39. The predicted molar refractivity (Wildman–Crippen MR) is 191 cm³/mol. The van der Waals surface area contributed by atoms with Crippen molar-refractivity contribution in [1.82, 2.24) is 24.1 Å². The molecular weight excluding hydrogens is 562 g/mol. The van der Waals surface area contributed by atoms with Gasteiger partial charge in [0.2, 0.25) is 5.95 Å². The van der Waals surface area contributed by atoms with E-state index >= 15 is 0 Å². The highest BCUT2D eigenvalue weighted by atomic mass is 15.2.